The van der Waals surface area contributed by atoms with Gasteiger partial charge in [0.05, 0.1) is 0 Å². The lowest BCUT2D eigenvalue weighted by molar-refractivity contribution is 0.421. The third kappa shape index (κ3) is 1.88. The van der Waals surface area contributed by atoms with Crippen LogP contribution in [0.15, 0.2) is 78.6 Å². The van der Waals surface area contributed by atoms with Crippen molar-refractivity contribution < 1.29 is 10.2 Å². The van der Waals surface area contributed by atoms with Crippen LogP contribution in [-0.4, -0.2) is 10.2 Å². The molecule has 4 rings (SSSR count). The molecule has 0 saturated heterocycles. The van der Waals surface area contributed by atoms with Crippen molar-refractivity contribution in [3.63, 3.8) is 0 Å². The SMILES string of the molecule is OC1=C(c2c(O)ccc3ccccc23)C2C=CC=CC2C=C1. The fourth-order valence-electron chi connectivity index (χ4n) is 3.40. The molecule has 0 amide bonds. The van der Waals surface area contributed by atoms with Gasteiger partial charge < -0.3 is 10.2 Å². The minimum absolute atomic E-state index is 0.0479. The molecule has 108 valence electrons. The van der Waals surface area contributed by atoms with E-state index in [1.165, 1.54) is 0 Å². The van der Waals surface area contributed by atoms with Crippen LogP contribution >= 0.6 is 0 Å². The Kier molecular flexibility index (Phi) is 2.90. The first-order chi connectivity index (χ1) is 10.8. The Labute approximate surface area is 129 Å². The lowest BCUT2D eigenvalue weighted by Gasteiger charge is -2.29. The Morgan fingerprint density at radius 3 is 2.55 bits per heavy atom. The highest BCUT2D eigenvalue weighted by Gasteiger charge is 2.29. The first-order valence-electron chi connectivity index (χ1n) is 7.43. The van der Waals surface area contributed by atoms with Gasteiger partial charge in [0.25, 0.3) is 0 Å². The van der Waals surface area contributed by atoms with Gasteiger partial charge in [0.2, 0.25) is 0 Å². The van der Waals surface area contributed by atoms with E-state index < -0.39 is 0 Å². The molecule has 2 aromatic rings. The summed E-state index contributed by atoms with van der Waals surface area (Å²) in [6, 6.07) is 11.5. The predicted octanol–water partition coefficient (Wildman–Crippen LogP) is 4.74. The van der Waals surface area contributed by atoms with E-state index in [9.17, 15) is 10.2 Å². The van der Waals surface area contributed by atoms with Gasteiger partial charge in [0.15, 0.2) is 0 Å². The van der Waals surface area contributed by atoms with E-state index in [-0.39, 0.29) is 23.3 Å². The van der Waals surface area contributed by atoms with E-state index in [0.29, 0.717) is 0 Å². The molecule has 2 aliphatic carbocycles. The van der Waals surface area contributed by atoms with E-state index in [1.807, 2.05) is 48.6 Å². The van der Waals surface area contributed by atoms with Gasteiger partial charge in [-0.1, -0.05) is 60.7 Å². The Morgan fingerprint density at radius 2 is 1.64 bits per heavy atom. The summed E-state index contributed by atoms with van der Waals surface area (Å²) >= 11 is 0. The Morgan fingerprint density at radius 1 is 0.818 bits per heavy atom. The zero-order chi connectivity index (χ0) is 15.1. The fraction of sp³-hybridized carbons (Fsp3) is 0.100. The molecule has 2 aliphatic rings. The molecule has 2 unspecified atom stereocenters. The lowest BCUT2D eigenvalue weighted by atomic mass is 9.75. The summed E-state index contributed by atoms with van der Waals surface area (Å²) in [6.07, 6.45) is 12.0. The summed E-state index contributed by atoms with van der Waals surface area (Å²) in [5.74, 6) is 0.700. The van der Waals surface area contributed by atoms with Crippen LogP contribution in [0, 0.1) is 11.8 Å². The maximum absolute atomic E-state index is 10.5. The topological polar surface area (TPSA) is 40.5 Å². The maximum Gasteiger partial charge on any atom is 0.123 e. The van der Waals surface area contributed by atoms with E-state index in [4.69, 9.17) is 0 Å². The fourth-order valence-corrected chi connectivity index (χ4v) is 3.40. The molecule has 2 heteroatoms. The summed E-state index contributed by atoms with van der Waals surface area (Å²) in [5, 5.41) is 22.9. The van der Waals surface area contributed by atoms with Gasteiger partial charge in [0, 0.05) is 23.0 Å². The molecule has 2 aromatic carbocycles. The molecule has 0 bridgehead atoms. The average Bonchev–Trinajstić information content (AvgIpc) is 2.56. The van der Waals surface area contributed by atoms with Crippen LogP contribution in [0.2, 0.25) is 0 Å². The summed E-state index contributed by atoms with van der Waals surface area (Å²) in [5.41, 5.74) is 1.53. The molecule has 0 fully saturated rings. The standard InChI is InChI=1S/C20H16O2/c21-17-11-9-13-5-1-3-7-15(13)19(17)20-16-8-4-2-6-14(16)10-12-18(20)22/h1-13,15,21-22H. The second-order valence-corrected chi connectivity index (χ2v) is 5.71. The van der Waals surface area contributed by atoms with Gasteiger partial charge in [0.1, 0.15) is 11.5 Å². The van der Waals surface area contributed by atoms with Crippen molar-refractivity contribution in [1.29, 1.82) is 0 Å². The van der Waals surface area contributed by atoms with E-state index in [0.717, 1.165) is 21.9 Å². The van der Waals surface area contributed by atoms with Gasteiger partial charge in [-0.3, -0.25) is 0 Å². The van der Waals surface area contributed by atoms with Gasteiger partial charge in [-0.2, -0.15) is 0 Å². The second kappa shape index (κ2) is 4.92. The molecule has 2 N–H and O–H groups in total. The Balaban J connectivity index is 2.01. The molecule has 0 saturated carbocycles. The summed E-state index contributed by atoms with van der Waals surface area (Å²) in [7, 11) is 0. The van der Waals surface area contributed by atoms with Crippen LogP contribution < -0.4 is 0 Å². The Bertz CT molecular complexity index is 868. The van der Waals surface area contributed by atoms with Crippen molar-refractivity contribution in [1.82, 2.24) is 0 Å². The number of benzene rings is 2. The maximum atomic E-state index is 10.5. The quantitative estimate of drug-likeness (QED) is 0.795. The lowest BCUT2D eigenvalue weighted by Crippen LogP contribution is -2.17. The zero-order valence-electron chi connectivity index (χ0n) is 12.0. The van der Waals surface area contributed by atoms with E-state index in [1.54, 1.807) is 12.1 Å². The summed E-state index contributed by atoms with van der Waals surface area (Å²) in [6.45, 7) is 0. The van der Waals surface area contributed by atoms with Gasteiger partial charge in [-0.25, -0.2) is 0 Å². The van der Waals surface area contributed by atoms with Crippen molar-refractivity contribution >= 4 is 16.3 Å². The molecule has 2 nitrogen and oxygen atoms in total. The first-order valence-corrected chi connectivity index (χ1v) is 7.43. The minimum atomic E-state index is 0.0479. The van der Waals surface area contributed by atoms with Crippen molar-refractivity contribution in [2.75, 3.05) is 0 Å². The van der Waals surface area contributed by atoms with Crippen LogP contribution in [0.25, 0.3) is 16.3 Å². The minimum Gasteiger partial charge on any atom is -0.508 e. The number of aromatic hydroxyl groups is 1. The van der Waals surface area contributed by atoms with Crippen molar-refractivity contribution in [3.05, 3.63) is 84.2 Å². The molecule has 22 heavy (non-hydrogen) atoms. The summed E-state index contributed by atoms with van der Waals surface area (Å²) < 4.78 is 0. The van der Waals surface area contributed by atoms with Gasteiger partial charge in [-0.05, 0) is 22.9 Å². The van der Waals surface area contributed by atoms with Crippen molar-refractivity contribution in [2.24, 2.45) is 11.8 Å². The molecule has 0 radical (unpaired) electrons. The van der Waals surface area contributed by atoms with E-state index in [2.05, 4.69) is 12.2 Å². The molecular formula is C20H16O2. The number of rotatable bonds is 1. The molecule has 0 heterocycles. The third-order valence-corrected chi connectivity index (χ3v) is 4.44. The first kappa shape index (κ1) is 13.0. The zero-order valence-corrected chi connectivity index (χ0v) is 12.0. The smallest absolute Gasteiger partial charge is 0.123 e. The van der Waals surface area contributed by atoms with Crippen LogP contribution in [0.3, 0.4) is 0 Å². The van der Waals surface area contributed by atoms with Gasteiger partial charge >= 0.3 is 0 Å². The predicted molar refractivity (Wildman–Crippen MR) is 89.6 cm³/mol. The highest BCUT2D eigenvalue weighted by Crippen LogP contribution is 2.44. The largest absolute Gasteiger partial charge is 0.508 e. The summed E-state index contributed by atoms with van der Waals surface area (Å²) in [4.78, 5) is 0. The van der Waals surface area contributed by atoms with E-state index >= 15 is 0 Å². The average molecular weight is 288 g/mol. The number of aliphatic hydroxyl groups is 1. The number of fused-ring (bicyclic) bond motifs is 2. The number of hydrogen-bond donors (Lipinski definition) is 2. The number of aliphatic hydroxyl groups excluding tert-OH is 1. The number of phenolic OH excluding ortho intramolecular Hbond substituents is 1. The Hall–Kier alpha value is -2.74. The molecule has 2 atom stereocenters. The van der Waals surface area contributed by atoms with Crippen LogP contribution in [0.5, 0.6) is 5.75 Å². The van der Waals surface area contributed by atoms with Gasteiger partial charge in [-0.15, -0.1) is 0 Å². The van der Waals surface area contributed by atoms with Crippen LogP contribution in [0.4, 0.5) is 0 Å². The molecule has 0 aliphatic heterocycles. The number of hydrogen-bond acceptors (Lipinski definition) is 2. The van der Waals surface area contributed by atoms with Crippen LogP contribution in [0.1, 0.15) is 5.56 Å². The van der Waals surface area contributed by atoms with Crippen molar-refractivity contribution in [2.45, 2.75) is 0 Å². The second-order valence-electron chi connectivity index (χ2n) is 5.71. The number of phenols is 1. The molecular weight excluding hydrogens is 272 g/mol. The normalized spacial score (nSPS) is 23.1. The third-order valence-electron chi connectivity index (χ3n) is 4.44. The van der Waals surface area contributed by atoms with Crippen molar-refractivity contribution in [3.8, 4) is 5.75 Å². The molecule has 0 spiro atoms. The molecule has 0 aromatic heterocycles. The monoisotopic (exact) mass is 288 g/mol. The number of allylic oxidation sites excluding steroid dienone is 7. The highest BCUT2D eigenvalue weighted by atomic mass is 16.3. The van der Waals surface area contributed by atoms with Crippen LogP contribution in [-0.2, 0) is 0 Å². The highest BCUT2D eigenvalue weighted by molar-refractivity contribution is 5.98.